The van der Waals surface area contributed by atoms with Gasteiger partial charge in [0.15, 0.2) is 0 Å². The average molecular weight is 295 g/mol. The third kappa shape index (κ3) is 2.91. The van der Waals surface area contributed by atoms with Gasteiger partial charge in [0, 0.05) is 10.0 Å². The molecule has 0 aliphatic heterocycles. The number of carbonyl (C=O) groups is 1. The van der Waals surface area contributed by atoms with Crippen LogP contribution >= 0.6 is 15.9 Å². The first kappa shape index (κ1) is 11.8. The summed E-state index contributed by atoms with van der Waals surface area (Å²) in [4.78, 5) is 15.9. The van der Waals surface area contributed by atoms with Crippen molar-refractivity contribution in [1.82, 2.24) is 20.5 Å². The number of benzene rings is 1. The van der Waals surface area contributed by atoms with Crippen LogP contribution in [0.5, 0.6) is 0 Å². The van der Waals surface area contributed by atoms with Crippen LogP contribution in [0.4, 0.5) is 0 Å². The van der Waals surface area contributed by atoms with Crippen molar-refractivity contribution in [1.29, 1.82) is 0 Å². The van der Waals surface area contributed by atoms with Crippen molar-refractivity contribution in [3.63, 3.8) is 0 Å². The normalized spacial score (nSPS) is 12.1. The lowest BCUT2D eigenvalue weighted by molar-refractivity contribution is 0.0938. The number of aromatic nitrogens is 3. The Morgan fingerprint density at radius 2 is 2.35 bits per heavy atom. The molecule has 88 valence electrons. The van der Waals surface area contributed by atoms with Crippen molar-refractivity contribution >= 4 is 21.8 Å². The summed E-state index contributed by atoms with van der Waals surface area (Å²) in [5.74, 6) is 0.489. The van der Waals surface area contributed by atoms with E-state index in [1.165, 1.54) is 6.33 Å². The van der Waals surface area contributed by atoms with Gasteiger partial charge in [-0.3, -0.25) is 9.89 Å². The van der Waals surface area contributed by atoms with Crippen molar-refractivity contribution in [2.45, 2.75) is 13.0 Å². The molecule has 2 rings (SSSR count). The predicted octanol–water partition coefficient (Wildman–Crippen LogP) is 2.06. The third-order valence-corrected chi connectivity index (χ3v) is 2.77. The van der Waals surface area contributed by atoms with Crippen LogP contribution in [0.25, 0.3) is 0 Å². The van der Waals surface area contributed by atoms with Crippen LogP contribution in [0, 0.1) is 0 Å². The number of hydrogen-bond acceptors (Lipinski definition) is 3. The second-order valence-corrected chi connectivity index (χ2v) is 4.49. The average Bonchev–Trinajstić information content (AvgIpc) is 2.82. The first-order chi connectivity index (χ1) is 8.16. The van der Waals surface area contributed by atoms with Gasteiger partial charge in [-0.2, -0.15) is 5.10 Å². The quantitative estimate of drug-likeness (QED) is 0.910. The fraction of sp³-hybridized carbons (Fsp3) is 0.182. The van der Waals surface area contributed by atoms with Crippen LogP contribution in [0.3, 0.4) is 0 Å². The Bertz CT molecular complexity index is 512. The molecule has 0 aliphatic carbocycles. The largest absolute Gasteiger partial charge is 0.342 e. The van der Waals surface area contributed by atoms with Crippen molar-refractivity contribution in [2.24, 2.45) is 0 Å². The topological polar surface area (TPSA) is 70.7 Å². The summed E-state index contributed by atoms with van der Waals surface area (Å²) in [6.45, 7) is 1.84. The zero-order valence-corrected chi connectivity index (χ0v) is 10.7. The molecule has 0 fully saturated rings. The van der Waals surface area contributed by atoms with E-state index in [0.717, 1.165) is 4.47 Å². The maximum absolute atomic E-state index is 11.9. The Kier molecular flexibility index (Phi) is 3.53. The fourth-order valence-corrected chi connectivity index (χ4v) is 1.80. The van der Waals surface area contributed by atoms with Crippen molar-refractivity contribution in [3.05, 3.63) is 46.5 Å². The Hall–Kier alpha value is -1.69. The van der Waals surface area contributed by atoms with Gasteiger partial charge in [0.2, 0.25) is 0 Å². The van der Waals surface area contributed by atoms with Crippen LogP contribution in [0.1, 0.15) is 29.1 Å². The number of aromatic amines is 1. The highest BCUT2D eigenvalue weighted by atomic mass is 79.9. The Labute approximate surface area is 107 Å². The summed E-state index contributed by atoms with van der Waals surface area (Å²) in [7, 11) is 0. The molecule has 5 nitrogen and oxygen atoms in total. The lowest BCUT2D eigenvalue weighted by atomic mass is 10.2. The number of hydrogen-bond donors (Lipinski definition) is 2. The van der Waals surface area contributed by atoms with Crippen LogP contribution in [-0.4, -0.2) is 21.1 Å². The molecule has 6 heteroatoms. The van der Waals surface area contributed by atoms with Gasteiger partial charge in [0.25, 0.3) is 5.91 Å². The molecule has 1 unspecified atom stereocenters. The second-order valence-electron chi connectivity index (χ2n) is 3.58. The van der Waals surface area contributed by atoms with Crippen LogP contribution < -0.4 is 5.32 Å². The molecule has 2 aromatic rings. The molecule has 0 bridgehead atoms. The Morgan fingerprint density at radius 1 is 1.53 bits per heavy atom. The number of rotatable bonds is 3. The SMILES string of the molecule is CC(NC(=O)c1cccc(Br)c1)c1ncn[nH]1. The molecule has 0 radical (unpaired) electrons. The second kappa shape index (κ2) is 5.09. The smallest absolute Gasteiger partial charge is 0.251 e. The summed E-state index contributed by atoms with van der Waals surface area (Å²) >= 11 is 3.33. The van der Waals surface area contributed by atoms with Gasteiger partial charge in [-0.15, -0.1) is 0 Å². The number of amides is 1. The van der Waals surface area contributed by atoms with E-state index in [1.807, 2.05) is 19.1 Å². The molecule has 0 spiro atoms. The maximum atomic E-state index is 11.9. The molecule has 0 saturated heterocycles. The van der Waals surface area contributed by atoms with E-state index in [1.54, 1.807) is 12.1 Å². The molecule has 1 aromatic carbocycles. The summed E-state index contributed by atoms with van der Waals surface area (Å²) in [6.07, 6.45) is 1.41. The van der Waals surface area contributed by atoms with E-state index in [-0.39, 0.29) is 11.9 Å². The van der Waals surface area contributed by atoms with E-state index < -0.39 is 0 Å². The number of carbonyl (C=O) groups excluding carboxylic acids is 1. The highest BCUT2D eigenvalue weighted by Gasteiger charge is 2.13. The van der Waals surface area contributed by atoms with Gasteiger partial charge in [-0.25, -0.2) is 4.98 Å². The van der Waals surface area contributed by atoms with Crippen LogP contribution in [-0.2, 0) is 0 Å². The first-order valence-electron chi connectivity index (χ1n) is 5.08. The Balaban J connectivity index is 2.07. The molecule has 1 amide bonds. The molecular formula is C11H11BrN4O. The van der Waals surface area contributed by atoms with E-state index in [2.05, 4.69) is 36.4 Å². The van der Waals surface area contributed by atoms with E-state index >= 15 is 0 Å². The van der Waals surface area contributed by atoms with Crippen molar-refractivity contribution in [2.75, 3.05) is 0 Å². The summed E-state index contributed by atoms with van der Waals surface area (Å²) < 4.78 is 0.873. The lowest BCUT2D eigenvalue weighted by Gasteiger charge is -2.11. The van der Waals surface area contributed by atoms with E-state index in [4.69, 9.17) is 0 Å². The molecule has 0 saturated carbocycles. The standard InChI is InChI=1S/C11H11BrN4O/c1-7(10-13-6-14-16-10)15-11(17)8-3-2-4-9(12)5-8/h2-7H,1H3,(H,15,17)(H,13,14,16). The van der Waals surface area contributed by atoms with Gasteiger partial charge >= 0.3 is 0 Å². The molecule has 1 heterocycles. The molecule has 2 N–H and O–H groups in total. The Morgan fingerprint density at radius 3 is 3.00 bits per heavy atom. The third-order valence-electron chi connectivity index (χ3n) is 2.28. The van der Waals surface area contributed by atoms with E-state index in [9.17, 15) is 4.79 Å². The highest BCUT2D eigenvalue weighted by molar-refractivity contribution is 9.10. The minimum atomic E-state index is -0.205. The maximum Gasteiger partial charge on any atom is 0.251 e. The zero-order chi connectivity index (χ0) is 12.3. The van der Waals surface area contributed by atoms with Gasteiger partial charge in [-0.1, -0.05) is 22.0 Å². The number of nitrogens with one attached hydrogen (secondary N) is 2. The van der Waals surface area contributed by atoms with Gasteiger partial charge < -0.3 is 5.32 Å². The van der Waals surface area contributed by atoms with Crippen LogP contribution in [0.15, 0.2) is 35.1 Å². The fourth-order valence-electron chi connectivity index (χ4n) is 1.40. The molecular weight excluding hydrogens is 284 g/mol. The molecule has 17 heavy (non-hydrogen) atoms. The zero-order valence-electron chi connectivity index (χ0n) is 9.14. The van der Waals surface area contributed by atoms with Gasteiger partial charge in [0.1, 0.15) is 12.2 Å². The first-order valence-corrected chi connectivity index (χ1v) is 5.88. The van der Waals surface area contributed by atoms with Crippen molar-refractivity contribution < 1.29 is 4.79 Å². The number of nitrogens with zero attached hydrogens (tertiary/aromatic N) is 2. The molecule has 1 aromatic heterocycles. The lowest BCUT2D eigenvalue weighted by Crippen LogP contribution is -2.27. The summed E-state index contributed by atoms with van der Waals surface area (Å²) in [6, 6.07) is 7.01. The minimum Gasteiger partial charge on any atom is -0.342 e. The van der Waals surface area contributed by atoms with Gasteiger partial charge in [-0.05, 0) is 25.1 Å². The predicted molar refractivity (Wildman–Crippen MR) is 66.4 cm³/mol. The van der Waals surface area contributed by atoms with Crippen LogP contribution in [0.2, 0.25) is 0 Å². The van der Waals surface area contributed by atoms with E-state index in [0.29, 0.717) is 11.4 Å². The number of halogens is 1. The summed E-state index contributed by atoms with van der Waals surface area (Å²) in [5.41, 5.74) is 0.603. The summed E-state index contributed by atoms with van der Waals surface area (Å²) in [5, 5.41) is 9.29. The molecule has 0 aliphatic rings. The minimum absolute atomic E-state index is 0.143. The van der Waals surface area contributed by atoms with Crippen molar-refractivity contribution in [3.8, 4) is 0 Å². The molecule has 1 atom stereocenters. The van der Waals surface area contributed by atoms with Gasteiger partial charge in [0.05, 0.1) is 6.04 Å². The number of H-pyrrole nitrogens is 1. The monoisotopic (exact) mass is 294 g/mol. The highest BCUT2D eigenvalue weighted by Crippen LogP contribution is 2.13.